The van der Waals surface area contributed by atoms with Crippen molar-refractivity contribution in [3.8, 4) is 0 Å². The topological polar surface area (TPSA) is 56.6 Å². The Balaban J connectivity index is 1.26. The number of aryl methyl sites for hydroxylation is 1. The van der Waals surface area contributed by atoms with Gasteiger partial charge in [-0.15, -0.1) is 0 Å². The van der Waals surface area contributed by atoms with Gasteiger partial charge in [-0.2, -0.15) is 5.10 Å². The Morgan fingerprint density at radius 3 is 2.85 bits per heavy atom. The van der Waals surface area contributed by atoms with E-state index in [1.807, 2.05) is 17.9 Å². The van der Waals surface area contributed by atoms with Gasteiger partial charge < -0.3 is 14.4 Å². The van der Waals surface area contributed by atoms with Gasteiger partial charge in [0, 0.05) is 45.7 Å². The molecule has 1 atom stereocenters. The van der Waals surface area contributed by atoms with Gasteiger partial charge in [0.15, 0.2) is 0 Å². The minimum atomic E-state index is -0.0266. The SMILES string of the molecule is CCn1nccc1C(=O)N1CCC2(CC1)CC(CCOCC1CC1)CCO2. The van der Waals surface area contributed by atoms with Crippen LogP contribution in [0.3, 0.4) is 0 Å². The molecule has 0 bridgehead atoms. The fraction of sp³-hybridized carbons (Fsp3) is 0.810. The zero-order chi connectivity index (χ0) is 18.7. The van der Waals surface area contributed by atoms with Crippen LogP contribution in [0, 0.1) is 11.8 Å². The lowest BCUT2D eigenvalue weighted by Crippen LogP contribution is -2.51. The molecule has 2 saturated heterocycles. The molecule has 1 aromatic heterocycles. The molecule has 1 aromatic rings. The molecule has 1 aliphatic carbocycles. The van der Waals surface area contributed by atoms with Crippen molar-refractivity contribution in [3.63, 3.8) is 0 Å². The Morgan fingerprint density at radius 2 is 2.11 bits per heavy atom. The van der Waals surface area contributed by atoms with Gasteiger partial charge in [-0.3, -0.25) is 9.48 Å². The Labute approximate surface area is 162 Å². The van der Waals surface area contributed by atoms with E-state index in [1.165, 1.54) is 12.8 Å². The van der Waals surface area contributed by atoms with Gasteiger partial charge in [0.2, 0.25) is 0 Å². The number of carbonyl (C=O) groups excluding carboxylic acids is 1. The molecule has 1 saturated carbocycles. The molecule has 2 aliphatic heterocycles. The molecule has 3 fully saturated rings. The molecule has 1 spiro atoms. The lowest BCUT2D eigenvalue weighted by Gasteiger charge is -2.46. The Hall–Kier alpha value is -1.40. The first kappa shape index (κ1) is 18.9. The number of carbonyl (C=O) groups is 1. The molecule has 0 N–H and O–H groups in total. The maximum absolute atomic E-state index is 12.8. The molecule has 6 heteroatoms. The third kappa shape index (κ3) is 4.54. The largest absolute Gasteiger partial charge is 0.381 e. The summed E-state index contributed by atoms with van der Waals surface area (Å²) in [5, 5.41) is 4.23. The van der Waals surface area contributed by atoms with Crippen molar-refractivity contribution < 1.29 is 14.3 Å². The van der Waals surface area contributed by atoms with E-state index in [4.69, 9.17) is 9.47 Å². The number of hydrogen-bond donors (Lipinski definition) is 0. The molecule has 0 aromatic carbocycles. The molecular formula is C21H33N3O3. The molecule has 4 rings (SSSR count). The van der Waals surface area contributed by atoms with E-state index in [1.54, 1.807) is 10.9 Å². The van der Waals surface area contributed by atoms with Crippen LogP contribution >= 0.6 is 0 Å². The van der Waals surface area contributed by atoms with Gasteiger partial charge in [-0.25, -0.2) is 0 Å². The third-order valence-corrected chi connectivity index (χ3v) is 6.51. The maximum Gasteiger partial charge on any atom is 0.272 e. The summed E-state index contributed by atoms with van der Waals surface area (Å²) >= 11 is 0. The second-order valence-electron chi connectivity index (χ2n) is 8.52. The summed E-state index contributed by atoms with van der Waals surface area (Å²) in [6.45, 7) is 6.99. The van der Waals surface area contributed by atoms with Crippen LogP contribution in [-0.4, -0.2) is 59.1 Å². The van der Waals surface area contributed by atoms with E-state index in [0.29, 0.717) is 11.6 Å². The highest BCUT2D eigenvalue weighted by molar-refractivity contribution is 5.92. The predicted octanol–water partition coefficient (Wildman–Crippen LogP) is 3.12. The molecule has 27 heavy (non-hydrogen) atoms. The Bertz CT molecular complexity index is 632. The molecule has 0 radical (unpaired) electrons. The second-order valence-corrected chi connectivity index (χ2v) is 8.52. The van der Waals surface area contributed by atoms with E-state index >= 15 is 0 Å². The van der Waals surface area contributed by atoms with E-state index in [0.717, 1.165) is 77.5 Å². The average molecular weight is 376 g/mol. The van der Waals surface area contributed by atoms with Crippen LogP contribution in [0.5, 0.6) is 0 Å². The summed E-state index contributed by atoms with van der Waals surface area (Å²) in [4.78, 5) is 14.8. The Morgan fingerprint density at radius 1 is 1.30 bits per heavy atom. The highest BCUT2D eigenvalue weighted by Crippen LogP contribution is 2.39. The number of likely N-dealkylation sites (tertiary alicyclic amines) is 1. The van der Waals surface area contributed by atoms with Gasteiger partial charge in [-0.1, -0.05) is 0 Å². The first-order valence-corrected chi connectivity index (χ1v) is 10.7. The van der Waals surface area contributed by atoms with Crippen molar-refractivity contribution in [2.24, 2.45) is 11.8 Å². The number of aromatic nitrogens is 2. The van der Waals surface area contributed by atoms with Crippen LogP contribution in [-0.2, 0) is 16.0 Å². The van der Waals surface area contributed by atoms with Crippen LogP contribution in [0.25, 0.3) is 0 Å². The third-order valence-electron chi connectivity index (χ3n) is 6.51. The van der Waals surface area contributed by atoms with E-state index in [2.05, 4.69) is 5.10 Å². The number of ether oxygens (including phenoxy) is 2. The fourth-order valence-electron chi connectivity index (χ4n) is 4.55. The predicted molar refractivity (Wildman–Crippen MR) is 103 cm³/mol. The number of nitrogens with zero attached hydrogens (tertiary/aromatic N) is 3. The maximum atomic E-state index is 12.8. The van der Waals surface area contributed by atoms with Crippen LogP contribution < -0.4 is 0 Å². The molecule has 3 heterocycles. The van der Waals surface area contributed by atoms with Crippen molar-refractivity contribution >= 4 is 5.91 Å². The first-order valence-electron chi connectivity index (χ1n) is 10.7. The smallest absolute Gasteiger partial charge is 0.272 e. The molecular weight excluding hydrogens is 342 g/mol. The number of rotatable bonds is 7. The highest BCUT2D eigenvalue weighted by atomic mass is 16.5. The fourth-order valence-corrected chi connectivity index (χ4v) is 4.55. The summed E-state index contributed by atoms with van der Waals surface area (Å²) in [6.07, 6.45) is 9.72. The zero-order valence-corrected chi connectivity index (χ0v) is 16.6. The van der Waals surface area contributed by atoms with Gasteiger partial charge in [0.05, 0.1) is 5.60 Å². The normalized spacial score (nSPS) is 25.1. The van der Waals surface area contributed by atoms with Crippen molar-refractivity contribution in [3.05, 3.63) is 18.0 Å². The lowest BCUT2D eigenvalue weighted by atomic mass is 9.78. The summed E-state index contributed by atoms with van der Waals surface area (Å²) in [5.74, 6) is 1.64. The number of hydrogen-bond acceptors (Lipinski definition) is 4. The first-order chi connectivity index (χ1) is 13.2. The standard InChI is InChI=1S/C21H33N3O3/c1-2-24-19(5-10-22-24)20(25)23-11-8-21(9-12-23)15-17(7-14-27-21)6-13-26-16-18-3-4-18/h5,10,17-18H,2-4,6-9,11-16H2,1H3. The van der Waals surface area contributed by atoms with Crippen LogP contribution in [0.2, 0.25) is 0 Å². The lowest BCUT2D eigenvalue weighted by molar-refractivity contribution is -0.126. The molecule has 1 amide bonds. The molecule has 1 unspecified atom stereocenters. The van der Waals surface area contributed by atoms with Gasteiger partial charge >= 0.3 is 0 Å². The molecule has 150 valence electrons. The van der Waals surface area contributed by atoms with Crippen LogP contribution in [0.1, 0.15) is 62.4 Å². The second kappa shape index (κ2) is 8.31. The van der Waals surface area contributed by atoms with Crippen molar-refractivity contribution in [2.75, 3.05) is 32.9 Å². The monoisotopic (exact) mass is 375 g/mol. The van der Waals surface area contributed by atoms with Crippen LogP contribution in [0.15, 0.2) is 12.3 Å². The van der Waals surface area contributed by atoms with E-state index in [9.17, 15) is 4.79 Å². The number of piperidine rings is 1. The summed E-state index contributed by atoms with van der Waals surface area (Å²) < 4.78 is 13.9. The van der Waals surface area contributed by atoms with E-state index in [-0.39, 0.29) is 11.5 Å². The summed E-state index contributed by atoms with van der Waals surface area (Å²) in [6, 6.07) is 1.82. The van der Waals surface area contributed by atoms with Crippen molar-refractivity contribution in [1.82, 2.24) is 14.7 Å². The van der Waals surface area contributed by atoms with Crippen molar-refractivity contribution in [1.29, 1.82) is 0 Å². The highest BCUT2D eigenvalue weighted by Gasteiger charge is 2.41. The van der Waals surface area contributed by atoms with Gasteiger partial charge in [-0.05, 0) is 69.8 Å². The van der Waals surface area contributed by atoms with Gasteiger partial charge in [0.25, 0.3) is 5.91 Å². The van der Waals surface area contributed by atoms with Crippen LogP contribution in [0.4, 0.5) is 0 Å². The van der Waals surface area contributed by atoms with Gasteiger partial charge in [0.1, 0.15) is 5.69 Å². The quantitative estimate of drug-likeness (QED) is 0.687. The minimum absolute atomic E-state index is 0.0266. The minimum Gasteiger partial charge on any atom is -0.381 e. The van der Waals surface area contributed by atoms with E-state index < -0.39 is 0 Å². The summed E-state index contributed by atoms with van der Waals surface area (Å²) in [5.41, 5.74) is 0.671. The summed E-state index contributed by atoms with van der Waals surface area (Å²) in [7, 11) is 0. The molecule has 6 nitrogen and oxygen atoms in total. The zero-order valence-electron chi connectivity index (χ0n) is 16.6. The van der Waals surface area contributed by atoms with Crippen molar-refractivity contribution in [2.45, 2.75) is 64.0 Å². The average Bonchev–Trinajstić information content (AvgIpc) is 3.39. The Kier molecular flexibility index (Phi) is 5.83. The number of amides is 1. The molecule has 3 aliphatic rings.